The van der Waals surface area contributed by atoms with E-state index in [1.807, 2.05) is 30.3 Å². The van der Waals surface area contributed by atoms with Gasteiger partial charge in [-0.2, -0.15) is 0 Å². The molecule has 3 N–H and O–H groups in total. The van der Waals surface area contributed by atoms with Crippen LogP contribution in [-0.2, 0) is 4.79 Å². The van der Waals surface area contributed by atoms with E-state index < -0.39 is 18.4 Å². The molecule has 0 saturated heterocycles. The van der Waals surface area contributed by atoms with Gasteiger partial charge in [-0.1, -0.05) is 30.0 Å². The van der Waals surface area contributed by atoms with Crippen LogP contribution in [0.1, 0.15) is 27.2 Å². The van der Waals surface area contributed by atoms with Gasteiger partial charge >= 0.3 is 5.97 Å². The highest BCUT2D eigenvalue weighted by atomic mass is 16.4. The predicted octanol–water partition coefficient (Wildman–Crippen LogP) is 1.31. The summed E-state index contributed by atoms with van der Waals surface area (Å²) in [5.41, 5.74) is 1.48. The van der Waals surface area contributed by atoms with E-state index in [1.54, 1.807) is 6.92 Å². The SMILES string of the molecule is Cc1c(C#Cc2ccccc2)cnc(C(=O)NCC(=O)O)c1O. The van der Waals surface area contributed by atoms with Crippen LogP contribution < -0.4 is 5.32 Å². The Morgan fingerprint density at radius 2 is 1.91 bits per heavy atom. The van der Waals surface area contributed by atoms with E-state index in [0.717, 1.165) is 5.56 Å². The minimum atomic E-state index is -1.18. The van der Waals surface area contributed by atoms with E-state index in [4.69, 9.17) is 5.11 Å². The molecule has 0 unspecified atom stereocenters. The lowest BCUT2D eigenvalue weighted by atomic mass is 10.1. The maximum Gasteiger partial charge on any atom is 0.322 e. The summed E-state index contributed by atoms with van der Waals surface area (Å²) in [4.78, 5) is 26.1. The van der Waals surface area contributed by atoms with Crippen LogP contribution in [0.4, 0.5) is 0 Å². The van der Waals surface area contributed by atoms with Gasteiger partial charge in [-0.3, -0.25) is 9.59 Å². The lowest BCUT2D eigenvalue weighted by molar-refractivity contribution is -0.135. The third-order valence-electron chi connectivity index (χ3n) is 3.04. The van der Waals surface area contributed by atoms with Crippen molar-refractivity contribution >= 4 is 11.9 Å². The van der Waals surface area contributed by atoms with Crippen LogP contribution in [0.15, 0.2) is 36.5 Å². The van der Waals surface area contributed by atoms with Crippen molar-refractivity contribution in [1.29, 1.82) is 0 Å². The number of hydrogen-bond donors (Lipinski definition) is 3. The molecule has 0 fully saturated rings. The second kappa shape index (κ2) is 7.09. The molecule has 0 spiro atoms. The van der Waals surface area contributed by atoms with Gasteiger partial charge in [0.15, 0.2) is 11.4 Å². The quantitative estimate of drug-likeness (QED) is 0.742. The monoisotopic (exact) mass is 310 g/mol. The molecule has 0 bridgehead atoms. The third kappa shape index (κ3) is 4.08. The molecule has 0 aliphatic rings. The van der Waals surface area contributed by atoms with Crippen molar-refractivity contribution in [2.75, 3.05) is 6.54 Å². The number of rotatable bonds is 3. The lowest BCUT2D eigenvalue weighted by Crippen LogP contribution is -2.30. The van der Waals surface area contributed by atoms with Gasteiger partial charge in [-0.15, -0.1) is 0 Å². The number of aromatic nitrogens is 1. The van der Waals surface area contributed by atoms with Gasteiger partial charge in [-0.25, -0.2) is 4.98 Å². The number of nitrogens with one attached hydrogen (secondary N) is 1. The van der Waals surface area contributed by atoms with Crippen LogP contribution in [0.2, 0.25) is 0 Å². The molecular formula is C17H14N2O4. The van der Waals surface area contributed by atoms with Gasteiger partial charge in [-0.05, 0) is 19.1 Å². The van der Waals surface area contributed by atoms with Crippen LogP contribution in [0.5, 0.6) is 5.75 Å². The highest BCUT2D eigenvalue weighted by Crippen LogP contribution is 2.22. The first-order valence-electron chi connectivity index (χ1n) is 6.74. The summed E-state index contributed by atoms with van der Waals surface area (Å²) < 4.78 is 0. The molecule has 2 aromatic rings. The zero-order valence-corrected chi connectivity index (χ0v) is 12.3. The van der Waals surface area contributed by atoms with Crippen molar-refractivity contribution in [2.45, 2.75) is 6.92 Å². The van der Waals surface area contributed by atoms with E-state index in [-0.39, 0.29) is 11.4 Å². The Labute approximate surface area is 132 Å². The Hall–Kier alpha value is -3.33. The standard InChI is InChI=1S/C17H14N2O4/c1-11-13(8-7-12-5-3-2-4-6-12)9-18-15(16(11)22)17(23)19-10-14(20)21/h2-6,9,22H,10H2,1H3,(H,19,23)(H,20,21). The van der Waals surface area contributed by atoms with Gasteiger partial charge in [0.25, 0.3) is 5.91 Å². The average Bonchev–Trinajstić information content (AvgIpc) is 2.55. The number of carboxylic acid groups (broad SMARTS) is 1. The molecule has 0 aliphatic heterocycles. The Bertz CT molecular complexity index is 805. The molecule has 1 aromatic carbocycles. The average molecular weight is 310 g/mol. The highest BCUT2D eigenvalue weighted by Gasteiger charge is 2.17. The fourth-order valence-corrected chi connectivity index (χ4v) is 1.79. The topological polar surface area (TPSA) is 99.5 Å². The smallest absolute Gasteiger partial charge is 0.322 e. The van der Waals surface area contributed by atoms with E-state index >= 15 is 0 Å². The van der Waals surface area contributed by atoms with Gasteiger partial charge in [0.05, 0.1) is 0 Å². The van der Waals surface area contributed by atoms with Crippen molar-refractivity contribution in [2.24, 2.45) is 0 Å². The number of amides is 1. The molecule has 1 amide bonds. The summed E-state index contributed by atoms with van der Waals surface area (Å²) in [5, 5.41) is 20.8. The first-order chi connectivity index (χ1) is 11.0. The molecule has 6 heteroatoms. The van der Waals surface area contributed by atoms with Crippen LogP contribution in [0.3, 0.4) is 0 Å². The van der Waals surface area contributed by atoms with E-state index in [0.29, 0.717) is 11.1 Å². The fraction of sp³-hybridized carbons (Fsp3) is 0.118. The number of carboxylic acids is 1. The van der Waals surface area contributed by atoms with Crippen LogP contribution in [0.25, 0.3) is 0 Å². The summed E-state index contributed by atoms with van der Waals surface area (Å²) in [7, 11) is 0. The number of aliphatic carboxylic acids is 1. The minimum Gasteiger partial charge on any atom is -0.505 e. The summed E-state index contributed by atoms with van der Waals surface area (Å²) in [5.74, 6) is 3.58. The Morgan fingerprint density at radius 3 is 2.57 bits per heavy atom. The maximum absolute atomic E-state index is 11.8. The van der Waals surface area contributed by atoms with Gasteiger partial charge in [0.1, 0.15) is 6.54 Å². The molecule has 0 radical (unpaired) electrons. The molecule has 0 atom stereocenters. The summed E-state index contributed by atoms with van der Waals surface area (Å²) in [6.45, 7) is 1.06. The van der Waals surface area contributed by atoms with E-state index in [2.05, 4.69) is 22.1 Å². The molecule has 116 valence electrons. The Morgan fingerprint density at radius 1 is 1.22 bits per heavy atom. The zero-order chi connectivity index (χ0) is 16.8. The van der Waals surface area contributed by atoms with Crippen molar-refractivity contribution in [3.63, 3.8) is 0 Å². The second-order valence-electron chi connectivity index (χ2n) is 4.69. The Kier molecular flexibility index (Phi) is 4.95. The van der Waals surface area contributed by atoms with Gasteiger partial charge < -0.3 is 15.5 Å². The number of carbonyl (C=O) groups is 2. The number of carbonyl (C=O) groups excluding carboxylic acids is 1. The number of nitrogens with zero attached hydrogens (tertiary/aromatic N) is 1. The van der Waals surface area contributed by atoms with Crippen molar-refractivity contribution in [3.8, 4) is 17.6 Å². The molecule has 1 heterocycles. The lowest BCUT2D eigenvalue weighted by Gasteiger charge is -2.07. The molecular weight excluding hydrogens is 296 g/mol. The van der Waals surface area contributed by atoms with E-state index in [1.165, 1.54) is 6.20 Å². The van der Waals surface area contributed by atoms with Gasteiger partial charge in [0, 0.05) is 22.9 Å². The molecule has 0 aliphatic carbocycles. The second-order valence-corrected chi connectivity index (χ2v) is 4.69. The zero-order valence-electron chi connectivity index (χ0n) is 12.3. The van der Waals surface area contributed by atoms with Crippen molar-refractivity contribution in [3.05, 3.63) is 58.9 Å². The maximum atomic E-state index is 11.8. The van der Waals surface area contributed by atoms with Crippen LogP contribution >= 0.6 is 0 Å². The number of aromatic hydroxyl groups is 1. The third-order valence-corrected chi connectivity index (χ3v) is 3.04. The van der Waals surface area contributed by atoms with Crippen LogP contribution in [-0.4, -0.2) is 33.6 Å². The highest BCUT2D eigenvalue weighted by molar-refractivity contribution is 5.96. The minimum absolute atomic E-state index is 0.228. The number of hydrogen-bond acceptors (Lipinski definition) is 4. The number of pyridine rings is 1. The largest absolute Gasteiger partial charge is 0.505 e. The van der Waals surface area contributed by atoms with Crippen molar-refractivity contribution < 1.29 is 19.8 Å². The molecule has 6 nitrogen and oxygen atoms in total. The van der Waals surface area contributed by atoms with Crippen LogP contribution in [0, 0.1) is 18.8 Å². The van der Waals surface area contributed by atoms with E-state index in [9.17, 15) is 14.7 Å². The molecule has 2 rings (SSSR count). The molecule has 0 saturated carbocycles. The first kappa shape index (κ1) is 16.0. The normalized spacial score (nSPS) is 9.61. The van der Waals surface area contributed by atoms with Gasteiger partial charge in [0.2, 0.25) is 0 Å². The Balaban J connectivity index is 2.26. The molecule has 23 heavy (non-hydrogen) atoms. The number of benzene rings is 1. The first-order valence-corrected chi connectivity index (χ1v) is 6.74. The summed E-state index contributed by atoms with van der Waals surface area (Å²) >= 11 is 0. The molecule has 1 aromatic heterocycles. The summed E-state index contributed by atoms with van der Waals surface area (Å²) in [6, 6.07) is 9.31. The fourth-order valence-electron chi connectivity index (χ4n) is 1.79. The van der Waals surface area contributed by atoms with Crippen molar-refractivity contribution in [1.82, 2.24) is 10.3 Å². The predicted molar refractivity (Wildman–Crippen MR) is 83.0 cm³/mol. The summed E-state index contributed by atoms with van der Waals surface area (Å²) in [6.07, 6.45) is 1.38.